The van der Waals surface area contributed by atoms with Gasteiger partial charge in [-0.25, -0.2) is 0 Å². The van der Waals surface area contributed by atoms with Crippen molar-refractivity contribution < 1.29 is 0 Å². The van der Waals surface area contributed by atoms with E-state index in [4.69, 9.17) is 0 Å². The Morgan fingerprint density at radius 1 is 0.262 bits per heavy atom. The van der Waals surface area contributed by atoms with Crippen molar-refractivity contribution in [3.8, 4) is 67.0 Å². The minimum atomic E-state index is -0.108. The molecule has 2 nitrogen and oxygen atoms in total. The number of rotatable bonds is 6. The first kappa shape index (κ1) is 37.4. The predicted molar refractivity (Wildman–Crippen MR) is 274 cm³/mol. The number of hydrogen-bond donors (Lipinski definition) is 0. The van der Waals surface area contributed by atoms with Crippen LogP contribution >= 0.6 is 0 Å². The van der Waals surface area contributed by atoms with Crippen molar-refractivity contribution in [2.45, 2.75) is 19.3 Å². The summed E-state index contributed by atoms with van der Waals surface area (Å²) in [6, 6.07) is 85.2. The van der Waals surface area contributed by atoms with E-state index in [0.29, 0.717) is 0 Å². The fraction of sp³-hybridized carbons (Fsp3) is 0.0476. The zero-order chi connectivity index (χ0) is 43.2. The summed E-state index contributed by atoms with van der Waals surface area (Å²) in [5, 5.41) is 4.97. The van der Waals surface area contributed by atoms with Crippen LogP contribution < -0.4 is 0 Å². The second-order valence-electron chi connectivity index (χ2n) is 18.2. The number of benzene rings is 10. The molecule has 13 rings (SSSR count). The summed E-state index contributed by atoms with van der Waals surface area (Å²) in [6.07, 6.45) is 0. The maximum Gasteiger partial charge on any atom is 0.0541 e. The van der Waals surface area contributed by atoms with Gasteiger partial charge in [0.15, 0.2) is 0 Å². The molecule has 1 aliphatic carbocycles. The van der Waals surface area contributed by atoms with Crippen molar-refractivity contribution in [2.75, 3.05) is 0 Å². The Balaban J connectivity index is 1.03. The molecule has 306 valence electrons. The fourth-order valence-corrected chi connectivity index (χ4v) is 10.9. The quantitative estimate of drug-likeness (QED) is 0.158. The third kappa shape index (κ3) is 5.88. The molecule has 0 radical (unpaired) electrons. The molecule has 2 heteroatoms. The first-order chi connectivity index (χ1) is 32.0. The average Bonchev–Trinajstić information content (AvgIpc) is 3.96. The molecule has 0 fully saturated rings. The first-order valence-electron chi connectivity index (χ1n) is 22.7. The van der Waals surface area contributed by atoms with Crippen LogP contribution in [0.3, 0.4) is 0 Å². The largest absolute Gasteiger partial charge is 0.309 e. The topological polar surface area (TPSA) is 9.86 Å². The summed E-state index contributed by atoms with van der Waals surface area (Å²) in [5.41, 5.74) is 22.1. The van der Waals surface area contributed by atoms with Gasteiger partial charge in [-0.05, 0) is 152 Å². The SMILES string of the molecule is CC1(C)c2ccccc2-c2ccc(-n3c4ccc(-c5cc(-c6ccccc6)cc(-c6ccccc6)c5)cc4c4cc(-c5ccc6c(c5)c5ccccc5n6-c5ccccc5)ccc43)cc21. The van der Waals surface area contributed by atoms with Crippen molar-refractivity contribution in [3.63, 3.8) is 0 Å². The monoisotopic (exact) mass is 828 g/mol. The van der Waals surface area contributed by atoms with E-state index in [9.17, 15) is 0 Å². The molecular weight excluding hydrogens is 785 g/mol. The number of nitrogens with zero attached hydrogens (tertiary/aromatic N) is 2. The fourth-order valence-electron chi connectivity index (χ4n) is 10.9. The zero-order valence-corrected chi connectivity index (χ0v) is 36.3. The van der Waals surface area contributed by atoms with Crippen molar-refractivity contribution in [1.29, 1.82) is 0 Å². The van der Waals surface area contributed by atoms with E-state index in [0.717, 1.165) is 0 Å². The van der Waals surface area contributed by atoms with E-state index < -0.39 is 0 Å². The van der Waals surface area contributed by atoms with Crippen LogP contribution in [0.2, 0.25) is 0 Å². The maximum absolute atomic E-state index is 2.49. The highest BCUT2D eigenvalue weighted by Crippen LogP contribution is 2.50. The summed E-state index contributed by atoms with van der Waals surface area (Å²) in [4.78, 5) is 0. The van der Waals surface area contributed by atoms with Crippen LogP contribution in [0.4, 0.5) is 0 Å². The molecule has 0 spiro atoms. The van der Waals surface area contributed by atoms with E-state index in [1.807, 2.05) is 0 Å². The van der Waals surface area contributed by atoms with E-state index >= 15 is 0 Å². The molecule has 10 aromatic carbocycles. The van der Waals surface area contributed by atoms with Gasteiger partial charge in [-0.2, -0.15) is 0 Å². The van der Waals surface area contributed by atoms with Gasteiger partial charge in [-0.1, -0.05) is 159 Å². The van der Waals surface area contributed by atoms with Gasteiger partial charge in [-0.3, -0.25) is 0 Å². The molecule has 2 heterocycles. The predicted octanol–water partition coefficient (Wildman–Crippen LogP) is 16.9. The summed E-state index contributed by atoms with van der Waals surface area (Å²) < 4.78 is 4.88. The Morgan fingerprint density at radius 3 is 1.29 bits per heavy atom. The minimum absolute atomic E-state index is 0.108. The Hall–Kier alpha value is -8.20. The standard InChI is InChI=1S/C63H44N2/c1-63(2)57-24-14-12-22-51(57)52-30-29-50(40-58(52)63)65-61-32-27-44(43-26-31-60-54(37-43)53-23-13-15-25-59(53)64(60)49-20-10-5-11-21-49)38-55(61)56-39-45(28-33-62(56)65)48-35-46(41-16-6-3-7-17-41)34-47(36-48)42-18-8-4-9-19-42/h3-40H,1-2H3. The lowest BCUT2D eigenvalue weighted by atomic mass is 9.82. The van der Waals surface area contributed by atoms with Crippen LogP contribution in [0.5, 0.6) is 0 Å². The molecule has 65 heavy (non-hydrogen) atoms. The van der Waals surface area contributed by atoms with E-state index in [1.165, 1.54) is 122 Å². The van der Waals surface area contributed by atoms with Gasteiger partial charge in [0.05, 0.1) is 22.1 Å². The van der Waals surface area contributed by atoms with Crippen LogP contribution in [0, 0.1) is 0 Å². The lowest BCUT2D eigenvalue weighted by Crippen LogP contribution is -2.15. The van der Waals surface area contributed by atoms with Crippen molar-refractivity contribution >= 4 is 43.6 Å². The van der Waals surface area contributed by atoms with E-state index in [-0.39, 0.29) is 5.41 Å². The summed E-state index contributed by atoms with van der Waals surface area (Å²) in [5.74, 6) is 0. The summed E-state index contributed by atoms with van der Waals surface area (Å²) in [6.45, 7) is 4.74. The smallest absolute Gasteiger partial charge is 0.0541 e. The molecule has 0 atom stereocenters. The molecule has 2 aromatic heterocycles. The van der Waals surface area contributed by atoms with Gasteiger partial charge in [0.1, 0.15) is 0 Å². The van der Waals surface area contributed by atoms with Crippen LogP contribution in [0.15, 0.2) is 231 Å². The molecule has 0 unspecified atom stereocenters. The normalized spacial score (nSPS) is 12.9. The number of para-hydroxylation sites is 2. The Labute approximate surface area is 378 Å². The Kier molecular flexibility index (Phi) is 8.29. The van der Waals surface area contributed by atoms with E-state index in [1.54, 1.807) is 0 Å². The number of hydrogen-bond acceptors (Lipinski definition) is 0. The molecule has 0 aliphatic heterocycles. The molecule has 0 saturated carbocycles. The lowest BCUT2D eigenvalue weighted by Gasteiger charge is -2.22. The summed E-state index contributed by atoms with van der Waals surface area (Å²) in [7, 11) is 0. The van der Waals surface area contributed by atoms with Crippen molar-refractivity contribution in [3.05, 3.63) is 242 Å². The molecule has 0 bridgehead atoms. The molecule has 0 saturated heterocycles. The van der Waals surface area contributed by atoms with Crippen LogP contribution in [0.1, 0.15) is 25.0 Å². The third-order valence-corrected chi connectivity index (χ3v) is 14.1. The number of aromatic nitrogens is 2. The highest BCUT2D eigenvalue weighted by atomic mass is 15.0. The zero-order valence-electron chi connectivity index (χ0n) is 36.3. The van der Waals surface area contributed by atoms with Crippen LogP contribution in [0.25, 0.3) is 111 Å². The second-order valence-corrected chi connectivity index (χ2v) is 18.2. The van der Waals surface area contributed by atoms with Crippen molar-refractivity contribution in [1.82, 2.24) is 9.13 Å². The van der Waals surface area contributed by atoms with E-state index in [2.05, 4.69) is 254 Å². The molecule has 12 aromatic rings. The minimum Gasteiger partial charge on any atom is -0.309 e. The lowest BCUT2D eigenvalue weighted by molar-refractivity contribution is 0.660. The Bertz CT molecular complexity index is 3770. The third-order valence-electron chi connectivity index (χ3n) is 14.1. The number of fused-ring (bicyclic) bond motifs is 9. The van der Waals surface area contributed by atoms with Gasteiger partial charge >= 0.3 is 0 Å². The molecule has 1 aliphatic rings. The van der Waals surface area contributed by atoms with Crippen LogP contribution in [-0.2, 0) is 5.41 Å². The van der Waals surface area contributed by atoms with Gasteiger partial charge < -0.3 is 9.13 Å². The Morgan fingerprint density at radius 2 is 0.692 bits per heavy atom. The van der Waals surface area contributed by atoms with Crippen molar-refractivity contribution in [2.24, 2.45) is 0 Å². The van der Waals surface area contributed by atoms with Gasteiger partial charge in [-0.15, -0.1) is 0 Å². The molecule has 0 amide bonds. The maximum atomic E-state index is 2.49. The first-order valence-corrected chi connectivity index (χ1v) is 22.7. The molecule has 0 N–H and O–H groups in total. The second kappa shape index (κ2) is 14.4. The van der Waals surface area contributed by atoms with Gasteiger partial charge in [0, 0.05) is 38.3 Å². The van der Waals surface area contributed by atoms with Gasteiger partial charge in [0.2, 0.25) is 0 Å². The molecular formula is C63H44N2. The highest BCUT2D eigenvalue weighted by molar-refractivity contribution is 6.13. The average molecular weight is 829 g/mol. The van der Waals surface area contributed by atoms with Gasteiger partial charge in [0.25, 0.3) is 0 Å². The van der Waals surface area contributed by atoms with Crippen LogP contribution in [-0.4, -0.2) is 9.13 Å². The highest BCUT2D eigenvalue weighted by Gasteiger charge is 2.35. The summed E-state index contributed by atoms with van der Waals surface area (Å²) >= 11 is 0.